The number of nitrogens with one attached hydrogen (secondary N) is 1. The Morgan fingerprint density at radius 1 is 1.24 bits per heavy atom. The van der Waals surface area contributed by atoms with E-state index in [-0.39, 0.29) is 18.8 Å². The smallest absolute Gasteiger partial charge is 0.416 e. The summed E-state index contributed by atoms with van der Waals surface area (Å²) in [5, 5.41) is 13.5. The Hall–Kier alpha value is -2.63. The maximum atomic E-state index is 13.6. The molecule has 1 fully saturated rings. The van der Waals surface area contributed by atoms with Crippen molar-refractivity contribution in [2.24, 2.45) is 0 Å². The summed E-state index contributed by atoms with van der Waals surface area (Å²) in [6.07, 6.45) is -4.20. The first-order chi connectivity index (χ1) is 16.0. The van der Waals surface area contributed by atoms with E-state index in [0.717, 1.165) is 42.1 Å². The minimum atomic E-state index is -4.53. The van der Waals surface area contributed by atoms with E-state index in [2.05, 4.69) is 15.1 Å². The van der Waals surface area contributed by atoms with Gasteiger partial charge in [0.2, 0.25) is 0 Å². The quantitative estimate of drug-likeness (QED) is 0.649. The summed E-state index contributed by atoms with van der Waals surface area (Å²) in [6, 6.07) is 4.07. The highest BCUT2D eigenvalue weighted by Crippen LogP contribution is 2.34. The van der Waals surface area contributed by atoms with Gasteiger partial charge in [-0.05, 0) is 56.3 Å². The fourth-order valence-electron chi connectivity index (χ4n) is 4.54. The third kappa shape index (κ3) is 5.37. The lowest BCUT2D eigenvalue weighted by molar-refractivity contribution is -0.137. The van der Waals surface area contributed by atoms with Gasteiger partial charge in [0, 0.05) is 48.2 Å². The molecule has 2 aromatic rings. The Kier molecular flexibility index (Phi) is 6.88. The van der Waals surface area contributed by atoms with Gasteiger partial charge >= 0.3 is 12.3 Å². The molecule has 2 aliphatic heterocycles. The molecule has 1 aromatic carbocycles. The van der Waals surface area contributed by atoms with Crippen LogP contribution in [0.3, 0.4) is 0 Å². The summed E-state index contributed by atoms with van der Waals surface area (Å²) in [4.78, 5) is 30.5. The van der Waals surface area contributed by atoms with Gasteiger partial charge in [-0.15, -0.1) is 11.3 Å². The molecule has 1 saturated heterocycles. The predicted molar refractivity (Wildman–Crippen MR) is 123 cm³/mol. The fraction of sp³-hybridized carbons (Fsp3) is 0.478. The van der Waals surface area contributed by atoms with Crippen molar-refractivity contribution in [3.8, 4) is 0 Å². The van der Waals surface area contributed by atoms with Crippen LogP contribution < -0.4 is 5.32 Å². The Labute approximate surface area is 199 Å². The zero-order chi connectivity index (χ0) is 24.6. The van der Waals surface area contributed by atoms with Crippen LogP contribution in [0.5, 0.6) is 0 Å². The van der Waals surface area contributed by atoms with Crippen LogP contribution in [0.4, 0.5) is 23.7 Å². The van der Waals surface area contributed by atoms with Crippen molar-refractivity contribution in [2.45, 2.75) is 38.1 Å². The lowest BCUT2D eigenvalue weighted by Crippen LogP contribution is -2.34. The largest absolute Gasteiger partial charge is 0.465 e. The van der Waals surface area contributed by atoms with E-state index in [1.54, 1.807) is 11.4 Å². The van der Waals surface area contributed by atoms with E-state index in [0.29, 0.717) is 30.1 Å². The number of anilines is 1. The molecule has 0 aliphatic carbocycles. The molecule has 0 bridgehead atoms. The van der Waals surface area contributed by atoms with Crippen LogP contribution >= 0.6 is 11.3 Å². The summed E-state index contributed by atoms with van der Waals surface area (Å²) in [7, 11) is 3.99. The molecule has 1 aromatic heterocycles. The summed E-state index contributed by atoms with van der Waals surface area (Å²) in [6.45, 7) is 2.43. The first kappa shape index (κ1) is 24.5. The summed E-state index contributed by atoms with van der Waals surface area (Å²) in [5.74, 6) is -0.486. The number of likely N-dealkylation sites (N-methyl/N-ethyl adjacent to an activating group) is 1. The number of amides is 2. The van der Waals surface area contributed by atoms with Gasteiger partial charge in [0.15, 0.2) is 0 Å². The number of hydrogen-bond donors (Lipinski definition) is 2. The van der Waals surface area contributed by atoms with Gasteiger partial charge < -0.3 is 20.2 Å². The van der Waals surface area contributed by atoms with Gasteiger partial charge in [-0.25, -0.2) is 4.79 Å². The highest BCUT2D eigenvalue weighted by Gasteiger charge is 2.32. The van der Waals surface area contributed by atoms with Crippen LogP contribution in [-0.4, -0.2) is 71.6 Å². The van der Waals surface area contributed by atoms with E-state index in [4.69, 9.17) is 0 Å². The van der Waals surface area contributed by atoms with Gasteiger partial charge in [0.05, 0.1) is 17.7 Å². The molecule has 2 N–H and O–H groups in total. The second kappa shape index (κ2) is 9.55. The van der Waals surface area contributed by atoms with E-state index in [9.17, 15) is 27.9 Å². The molecule has 34 heavy (non-hydrogen) atoms. The van der Waals surface area contributed by atoms with Crippen LogP contribution in [0.25, 0.3) is 0 Å². The molecule has 0 spiro atoms. The molecule has 1 atom stereocenters. The van der Waals surface area contributed by atoms with Crippen LogP contribution in [0.2, 0.25) is 0 Å². The number of nitrogens with zero attached hydrogens (tertiary/aromatic N) is 3. The number of benzene rings is 1. The Morgan fingerprint density at radius 2 is 2.00 bits per heavy atom. The number of carboxylic acid groups (broad SMARTS) is 1. The van der Waals surface area contributed by atoms with Crippen molar-refractivity contribution in [1.29, 1.82) is 0 Å². The molecule has 184 valence electrons. The van der Waals surface area contributed by atoms with Crippen LogP contribution in [0.15, 0.2) is 23.6 Å². The van der Waals surface area contributed by atoms with Gasteiger partial charge in [-0.3, -0.25) is 9.69 Å². The lowest BCUT2D eigenvalue weighted by Gasteiger charge is -2.24. The zero-order valence-electron chi connectivity index (χ0n) is 19.0. The number of thiophene rings is 1. The zero-order valence-corrected chi connectivity index (χ0v) is 19.8. The van der Waals surface area contributed by atoms with E-state index in [1.165, 1.54) is 16.2 Å². The normalized spacial score (nSPS) is 18.9. The maximum Gasteiger partial charge on any atom is 0.416 e. The summed E-state index contributed by atoms with van der Waals surface area (Å²) >= 11 is 1.29. The molecule has 2 amide bonds. The van der Waals surface area contributed by atoms with E-state index >= 15 is 0 Å². The first-order valence-corrected chi connectivity index (χ1v) is 11.9. The first-order valence-electron chi connectivity index (χ1n) is 11.0. The minimum absolute atomic E-state index is 0.0982. The number of alkyl halides is 3. The van der Waals surface area contributed by atoms with Gasteiger partial charge in [0.1, 0.15) is 0 Å². The number of halogens is 3. The van der Waals surface area contributed by atoms with Crippen molar-refractivity contribution in [2.75, 3.05) is 39.0 Å². The molecule has 4 rings (SSSR count). The van der Waals surface area contributed by atoms with E-state index in [1.807, 2.05) is 14.1 Å². The van der Waals surface area contributed by atoms with Gasteiger partial charge in [-0.1, -0.05) is 0 Å². The summed E-state index contributed by atoms with van der Waals surface area (Å²) < 4.78 is 40.7. The number of likely N-dealkylation sites (tertiary alicyclic amines) is 1. The number of fused-ring (bicyclic) bond motifs is 1. The summed E-state index contributed by atoms with van der Waals surface area (Å²) in [5.41, 5.74) is 0.944. The van der Waals surface area contributed by atoms with Crippen LogP contribution in [0, 0.1) is 0 Å². The topological polar surface area (TPSA) is 76.1 Å². The van der Waals surface area contributed by atoms with E-state index < -0.39 is 23.7 Å². The average Bonchev–Trinajstić information content (AvgIpc) is 3.39. The number of rotatable bonds is 5. The second-order valence-electron chi connectivity index (χ2n) is 9.02. The number of hydrogen-bond acceptors (Lipinski definition) is 5. The Morgan fingerprint density at radius 3 is 2.65 bits per heavy atom. The highest BCUT2D eigenvalue weighted by atomic mass is 32.1. The van der Waals surface area contributed by atoms with Crippen molar-refractivity contribution in [3.63, 3.8) is 0 Å². The second-order valence-corrected chi connectivity index (χ2v) is 9.98. The molecule has 2 aliphatic rings. The number of carbonyl (C=O) groups is 2. The monoisotopic (exact) mass is 496 g/mol. The van der Waals surface area contributed by atoms with Crippen molar-refractivity contribution >= 4 is 29.0 Å². The molecule has 3 heterocycles. The number of carbonyl (C=O) groups excluding carboxylic acids is 1. The molecule has 0 saturated carbocycles. The predicted octanol–water partition coefficient (Wildman–Crippen LogP) is 4.19. The van der Waals surface area contributed by atoms with Crippen molar-refractivity contribution in [1.82, 2.24) is 14.7 Å². The maximum absolute atomic E-state index is 13.6. The molecule has 0 radical (unpaired) electrons. The third-order valence-electron chi connectivity index (χ3n) is 6.42. The molecular formula is C23H27F3N4O3S. The van der Waals surface area contributed by atoms with Crippen molar-refractivity contribution < 1.29 is 27.9 Å². The lowest BCUT2D eigenvalue weighted by atomic mass is 10.0. The SMILES string of the molecule is CN(C)[C@@H]1CCN(Cc2cc(NC(=O)c3csc4c3CCN(C(=O)O)C4)cc(C(F)(F)F)c2)C1. The fourth-order valence-corrected chi connectivity index (χ4v) is 5.63. The highest BCUT2D eigenvalue weighted by molar-refractivity contribution is 7.10. The minimum Gasteiger partial charge on any atom is -0.465 e. The molecular weight excluding hydrogens is 469 g/mol. The third-order valence-corrected chi connectivity index (χ3v) is 7.44. The van der Waals surface area contributed by atoms with Gasteiger partial charge in [-0.2, -0.15) is 13.2 Å². The van der Waals surface area contributed by atoms with Crippen molar-refractivity contribution in [3.05, 3.63) is 50.7 Å². The molecule has 7 nitrogen and oxygen atoms in total. The Bertz CT molecular complexity index is 1090. The molecule has 11 heteroatoms. The molecule has 0 unspecified atom stereocenters. The van der Waals surface area contributed by atoms with Crippen LogP contribution in [0.1, 0.15) is 38.3 Å². The average molecular weight is 497 g/mol. The van der Waals surface area contributed by atoms with Gasteiger partial charge in [0.25, 0.3) is 5.91 Å². The Balaban J connectivity index is 1.53. The standard InChI is InChI=1S/C23H27F3N4O3S/c1-28(2)17-3-5-29(11-17)10-14-7-15(23(24,25)26)9-16(8-14)27-21(31)19-13-34-20-12-30(22(32)33)6-4-18(19)20/h7-9,13,17H,3-6,10-12H2,1-2H3,(H,27,31)(H,32,33)/t17-/m1/s1. The van der Waals surface area contributed by atoms with Crippen LogP contribution in [-0.2, 0) is 25.7 Å².